The number of hydrogen-bond acceptors (Lipinski definition) is 2. The summed E-state index contributed by atoms with van der Waals surface area (Å²) in [4.78, 5) is 13.7. The molecule has 1 saturated heterocycles. The van der Waals surface area contributed by atoms with Crippen molar-refractivity contribution in [1.29, 1.82) is 0 Å². The minimum atomic E-state index is -4.98. The van der Waals surface area contributed by atoms with Crippen LogP contribution in [0.1, 0.15) is 34.3 Å². The number of amides is 1. The summed E-state index contributed by atoms with van der Waals surface area (Å²) < 4.78 is 77.4. The molecule has 0 bridgehead atoms. The Balaban J connectivity index is 1.91. The van der Waals surface area contributed by atoms with Crippen LogP contribution in [0.15, 0.2) is 18.2 Å². The summed E-state index contributed by atoms with van der Waals surface area (Å²) in [5, 5.41) is 0. The molecule has 0 radical (unpaired) electrons. The summed E-state index contributed by atoms with van der Waals surface area (Å²) in [5.74, 6) is -0.410. The summed E-state index contributed by atoms with van der Waals surface area (Å²) in [6.45, 7) is 0.403. The molecule has 1 heterocycles. The number of benzene rings is 1. The number of carbonyl (C=O) groups excluding carboxylic acids is 1. The van der Waals surface area contributed by atoms with Crippen molar-refractivity contribution in [3.8, 4) is 0 Å². The Bertz CT molecular complexity index is 648. The summed E-state index contributed by atoms with van der Waals surface area (Å²) in [6.07, 6.45) is -7.98. The van der Waals surface area contributed by atoms with E-state index in [0.717, 1.165) is 12.8 Å². The van der Waals surface area contributed by atoms with Crippen LogP contribution in [0.25, 0.3) is 0 Å². The van der Waals surface area contributed by atoms with Crippen LogP contribution in [0, 0.1) is 11.8 Å². The molecular weight excluding hydrogens is 350 g/mol. The molecule has 1 aromatic rings. The smallest absolute Gasteiger partial charge is 0.337 e. The van der Waals surface area contributed by atoms with Gasteiger partial charge >= 0.3 is 12.4 Å². The van der Waals surface area contributed by atoms with Crippen molar-refractivity contribution in [3.05, 3.63) is 34.9 Å². The van der Waals surface area contributed by atoms with Crippen LogP contribution < -0.4 is 5.73 Å². The van der Waals surface area contributed by atoms with E-state index in [4.69, 9.17) is 5.73 Å². The summed E-state index contributed by atoms with van der Waals surface area (Å²) in [5.41, 5.74) is 2.37. The van der Waals surface area contributed by atoms with Gasteiger partial charge < -0.3 is 10.6 Å². The first kappa shape index (κ1) is 18.0. The molecule has 25 heavy (non-hydrogen) atoms. The van der Waals surface area contributed by atoms with Crippen molar-refractivity contribution in [3.63, 3.8) is 0 Å². The molecule has 1 saturated carbocycles. The molecule has 1 amide bonds. The standard InChI is InChI=1S/C16H16F6N2O/c17-15(18,19)10-3-9(4-11(5-10)16(20,21)22)14(25)24-6-12(8-1-2-8)13(23)7-24/h3-5,8,12-13H,1-2,6-7,23H2/t12-,13+/m1/s1. The predicted molar refractivity (Wildman–Crippen MR) is 76.5 cm³/mol. The predicted octanol–water partition coefficient (Wildman–Crippen LogP) is 3.53. The molecule has 138 valence electrons. The van der Waals surface area contributed by atoms with Crippen LogP contribution in [0.3, 0.4) is 0 Å². The second-order valence-corrected chi connectivity index (χ2v) is 6.67. The normalized spacial score (nSPS) is 24.7. The van der Waals surface area contributed by atoms with Crippen molar-refractivity contribution in [2.75, 3.05) is 13.1 Å². The van der Waals surface area contributed by atoms with Gasteiger partial charge in [0.05, 0.1) is 11.1 Å². The van der Waals surface area contributed by atoms with Gasteiger partial charge in [-0.2, -0.15) is 26.3 Å². The largest absolute Gasteiger partial charge is 0.416 e. The Hall–Kier alpha value is -1.77. The van der Waals surface area contributed by atoms with Crippen LogP contribution in [0.2, 0.25) is 0 Å². The fourth-order valence-corrected chi connectivity index (χ4v) is 3.30. The Labute approximate surface area is 139 Å². The van der Waals surface area contributed by atoms with E-state index in [2.05, 4.69) is 0 Å². The Morgan fingerprint density at radius 2 is 1.48 bits per heavy atom. The average molecular weight is 366 g/mol. The van der Waals surface area contributed by atoms with Gasteiger partial charge in [-0.1, -0.05) is 0 Å². The van der Waals surface area contributed by atoms with Gasteiger partial charge in [-0.3, -0.25) is 4.79 Å². The topological polar surface area (TPSA) is 46.3 Å². The molecule has 2 atom stereocenters. The first-order valence-electron chi connectivity index (χ1n) is 7.81. The number of likely N-dealkylation sites (tertiary alicyclic amines) is 1. The quantitative estimate of drug-likeness (QED) is 0.814. The van der Waals surface area contributed by atoms with E-state index in [1.807, 2.05) is 0 Å². The van der Waals surface area contributed by atoms with Gasteiger partial charge in [0.1, 0.15) is 0 Å². The maximum atomic E-state index is 12.9. The second kappa shape index (κ2) is 5.89. The second-order valence-electron chi connectivity index (χ2n) is 6.67. The molecule has 1 aliphatic heterocycles. The first-order chi connectivity index (χ1) is 11.5. The number of alkyl halides is 6. The highest BCUT2D eigenvalue weighted by molar-refractivity contribution is 5.95. The molecule has 1 aliphatic carbocycles. The van der Waals surface area contributed by atoms with Gasteiger partial charge in [0.25, 0.3) is 5.91 Å². The lowest BCUT2D eigenvalue weighted by Crippen LogP contribution is -2.32. The zero-order chi connectivity index (χ0) is 18.6. The zero-order valence-corrected chi connectivity index (χ0v) is 13.0. The van der Waals surface area contributed by atoms with Gasteiger partial charge in [0.2, 0.25) is 0 Å². The van der Waals surface area contributed by atoms with Crippen LogP contribution in [0.5, 0.6) is 0 Å². The molecule has 0 spiro atoms. The van der Waals surface area contributed by atoms with E-state index >= 15 is 0 Å². The molecule has 2 N–H and O–H groups in total. The average Bonchev–Trinajstić information content (AvgIpc) is 3.27. The van der Waals surface area contributed by atoms with E-state index in [9.17, 15) is 31.1 Å². The Morgan fingerprint density at radius 3 is 1.92 bits per heavy atom. The number of nitrogens with two attached hydrogens (primary N) is 1. The van der Waals surface area contributed by atoms with Gasteiger partial charge in [-0.25, -0.2) is 0 Å². The lowest BCUT2D eigenvalue weighted by molar-refractivity contribution is -0.143. The molecule has 1 aromatic carbocycles. The number of hydrogen-bond donors (Lipinski definition) is 1. The lowest BCUT2D eigenvalue weighted by atomic mass is 9.99. The van der Waals surface area contributed by atoms with Crippen molar-refractivity contribution in [2.24, 2.45) is 17.6 Å². The molecule has 0 aromatic heterocycles. The van der Waals surface area contributed by atoms with Crippen molar-refractivity contribution >= 4 is 5.91 Å². The van der Waals surface area contributed by atoms with Crippen LogP contribution in [-0.4, -0.2) is 29.9 Å². The van der Waals surface area contributed by atoms with Crippen molar-refractivity contribution in [1.82, 2.24) is 4.90 Å². The van der Waals surface area contributed by atoms with Gasteiger partial charge in [0.15, 0.2) is 0 Å². The number of halogens is 6. The van der Waals surface area contributed by atoms with Gasteiger partial charge in [-0.15, -0.1) is 0 Å². The minimum absolute atomic E-state index is 0.0134. The minimum Gasteiger partial charge on any atom is -0.337 e. The van der Waals surface area contributed by atoms with E-state index in [0.29, 0.717) is 18.1 Å². The zero-order valence-electron chi connectivity index (χ0n) is 13.0. The molecule has 2 fully saturated rings. The molecular formula is C16H16F6N2O. The highest BCUT2D eigenvalue weighted by atomic mass is 19.4. The Kier molecular flexibility index (Phi) is 4.25. The van der Waals surface area contributed by atoms with E-state index in [1.54, 1.807) is 0 Å². The SMILES string of the molecule is N[C@H]1CN(C(=O)c2cc(C(F)(F)F)cc(C(F)(F)F)c2)C[C@@H]1C1CC1. The fraction of sp³-hybridized carbons (Fsp3) is 0.562. The van der Waals surface area contributed by atoms with Gasteiger partial charge in [-0.05, 0) is 42.9 Å². The molecule has 0 unspecified atom stereocenters. The lowest BCUT2D eigenvalue weighted by Gasteiger charge is -2.19. The van der Waals surface area contributed by atoms with Crippen molar-refractivity contribution < 1.29 is 31.1 Å². The molecule has 3 rings (SSSR count). The van der Waals surface area contributed by atoms with E-state index in [-0.39, 0.29) is 31.1 Å². The van der Waals surface area contributed by atoms with E-state index < -0.39 is 35.0 Å². The number of rotatable bonds is 2. The number of nitrogens with zero attached hydrogens (tertiary/aromatic N) is 1. The monoisotopic (exact) mass is 366 g/mol. The van der Waals surface area contributed by atoms with Crippen LogP contribution in [0.4, 0.5) is 26.3 Å². The fourth-order valence-electron chi connectivity index (χ4n) is 3.30. The van der Waals surface area contributed by atoms with Gasteiger partial charge in [0, 0.05) is 24.7 Å². The highest BCUT2D eigenvalue weighted by Gasteiger charge is 2.43. The van der Waals surface area contributed by atoms with Crippen molar-refractivity contribution in [2.45, 2.75) is 31.2 Å². The maximum absolute atomic E-state index is 12.9. The molecule has 9 heteroatoms. The third-order valence-corrected chi connectivity index (χ3v) is 4.76. The third-order valence-electron chi connectivity index (χ3n) is 4.76. The van der Waals surface area contributed by atoms with E-state index in [1.165, 1.54) is 4.90 Å². The van der Waals surface area contributed by atoms with Crippen LogP contribution >= 0.6 is 0 Å². The number of carbonyl (C=O) groups is 1. The maximum Gasteiger partial charge on any atom is 0.416 e. The third kappa shape index (κ3) is 3.75. The first-order valence-corrected chi connectivity index (χ1v) is 7.81. The Morgan fingerprint density at radius 1 is 0.960 bits per heavy atom. The molecule has 2 aliphatic rings. The summed E-state index contributed by atoms with van der Waals surface area (Å²) in [6, 6.07) is 0.643. The highest BCUT2D eigenvalue weighted by Crippen LogP contribution is 2.41. The molecule has 3 nitrogen and oxygen atoms in total. The summed E-state index contributed by atoms with van der Waals surface area (Å²) in [7, 11) is 0. The summed E-state index contributed by atoms with van der Waals surface area (Å²) >= 11 is 0. The van der Waals surface area contributed by atoms with Crippen LogP contribution in [-0.2, 0) is 12.4 Å².